The van der Waals surface area contributed by atoms with Gasteiger partial charge in [0.2, 0.25) is 0 Å². The highest BCUT2D eigenvalue weighted by atomic mass is 16.4. The van der Waals surface area contributed by atoms with Crippen molar-refractivity contribution in [2.45, 2.75) is 19.4 Å². The molecule has 3 N–H and O–H groups in total. The molecule has 0 aromatic carbocycles. The van der Waals surface area contributed by atoms with E-state index in [1.165, 1.54) is 31.2 Å². The largest absolute Gasteiger partial charge is 0.478 e. The van der Waals surface area contributed by atoms with Crippen molar-refractivity contribution in [3.63, 3.8) is 0 Å². The van der Waals surface area contributed by atoms with Crippen LogP contribution >= 0.6 is 0 Å². The van der Waals surface area contributed by atoms with E-state index < -0.39 is 5.97 Å². The first-order valence-electron chi connectivity index (χ1n) is 5.85. The molecular weight excluding hydrogens is 234 g/mol. The fourth-order valence-corrected chi connectivity index (χ4v) is 1.50. The van der Waals surface area contributed by atoms with Crippen LogP contribution in [-0.2, 0) is 6.54 Å². The van der Waals surface area contributed by atoms with Crippen LogP contribution in [0.3, 0.4) is 0 Å². The predicted octanol–water partition coefficient (Wildman–Crippen LogP) is 0.989. The quantitative estimate of drug-likeness (QED) is 0.725. The molecule has 1 aliphatic rings. The molecule has 0 spiro atoms. The predicted molar refractivity (Wildman–Crippen MR) is 64.2 cm³/mol. The van der Waals surface area contributed by atoms with Gasteiger partial charge in [0, 0.05) is 12.7 Å². The van der Waals surface area contributed by atoms with E-state index in [-0.39, 0.29) is 18.1 Å². The molecule has 1 aromatic heterocycles. The number of nitrogens with one attached hydrogen (secondary N) is 2. The normalized spacial score (nSPS) is 14.0. The third kappa shape index (κ3) is 3.73. The van der Waals surface area contributed by atoms with E-state index in [4.69, 9.17) is 5.11 Å². The van der Waals surface area contributed by atoms with Crippen LogP contribution in [0.4, 0.5) is 4.79 Å². The van der Waals surface area contributed by atoms with Crippen LogP contribution in [0.25, 0.3) is 0 Å². The molecule has 0 atom stereocenters. The summed E-state index contributed by atoms with van der Waals surface area (Å²) in [7, 11) is 0. The van der Waals surface area contributed by atoms with Gasteiger partial charge in [-0.3, -0.25) is 4.98 Å². The van der Waals surface area contributed by atoms with Crippen molar-refractivity contribution >= 4 is 12.0 Å². The lowest BCUT2D eigenvalue weighted by Gasteiger charge is -2.06. The highest BCUT2D eigenvalue weighted by Gasteiger charge is 2.21. The van der Waals surface area contributed by atoms with Gasteiger partial charge in [-0.2, -0.15) is 0 Å². The van der Waals surface area contributed by atoms with E-state index in [2.05, 4.69) is 15.6 Å². The number of hydrogen-bond acceptors (Lipinski definition) is 3. The third-order valence-electron chi connectivity index (χ3n) is 2.74. The van der Waals surface area contributed by atoms with Crippen molar-refractivity contribution in [2.75, 3.05) is 6.54 Å². The monoisotopic (exact) mass is 249 g/mol. The van der Waals surface area contributed by atoms with E-state index in [0.29, 0.717) is 18.2 Å². The molecule has 18 heavy (non-hydrogen) atoms. The summed E-state index contributed by atoms with van der Waals surface area (Å²) in [6.07, 6.45) is 3.79. The van der Waals surface area contributed by atoms with Gasteiger partial charge in [-0.05, 0) is 30.9 Å². The molecule has 0 aliphatic heterocycles. The van der Waals surface area contributed by atoms with Gasteiger partial charge in [0.25, 0.3) is 0 Å². The molecule has 1 saturated carbocycles. The molecule has 0 saturated heterocycles. The van der Waals surface area contributed by atoms with Gasteiger partial charge in [-0.15, -0.1) is 0 Å². The van der Waals surface area contributed by atoms with Gasteiger partial charge < -0.3 is 15.7 Å². The fourth-order valence-electron chi connectivity index (χ4n) is 1.50. The SMILES string of the molecule is O=C(NCc1cc(C(=O)O)ccn1)NCC1CC1. The van der Waals surface area contributed by atoms with Gasteiger partial charge in [-0.25, -0.2) is 9.59 Å². The van der Waals surface area contributed by atoms with Crippen LogP contribution in [0, 0.1) is 5.92 Å². The smallest absolute Gasteiger partial charge is 0.335 e. The maximum absolute atomic E-state index is 11.4. The summed E-state index contributed by atoms with van der Waals surface area (Å²) in [5, 5.41) is 14.2. The van der Waals surface area contributed by atoms with Gasteiger partial charge in [-0.1, -0.05) is 0 Å². The average molecular weight is 249 g/mol. The van der Waals surface area contributed by atoms with E-state index >= 15 is 0 Å². The van der Waals surface area contributed by atoms with E-state index in [1.54, 1.807) is 0 Å². The molecule has 1 fully saturated rings. The van der Waals surface area contributed by atoms with Gasteiger partial charge >= 0.3 is 12.0 Å². The molecule has 6 heteroatoms. The Bertz CT molecular complexity index is 458. The summed E-state index contributed by atoms with van der Waals surface area (Å²) < 4.78 is 0. The number of aromatic carboxylic acids is 1. The topological polar surface area (TPSA) is 91.3 Å². The van der Waals surface area contributed by atoms with E-state index in [1.807, 2.05) is 0 Å². The highest BCUT2D eigenvalue weighted by molar-refractivity contribution is 5.87. The molecule has 6 nitrogen and oxygen atoms in total. The lowest BCUT2D eigenvalue weighted by atomic mass is 10.2. The number of carbonyl (C=O) groups is 2. The van der Waals surface area contributed by atoms with Crippen LogP contribution in [0.15, 0.2) is 18.3 Å². The Balaban J connectivity index is 1.79. The second-order valence-electron chi connectivity index (χ2n) is 4.35. The zero-order valence-corrected chi connectivity index (χ0v) is 9.85. The zero-order valence-electron chi connectivity index (χ0n) is 9.85. The summed E-state index contributed by atoms with van der Waals surface area (Å²) in [5.74, 6) is -0.374. The number of amides is 2. The van der Waals surface area contributed by atoms with Crippen LogP contribution in [-0.4, -0.2) is 28.6 Å². The number of pyridine rings is 1. The molecule has 2 rings (SSSR count). The molecule has 1 aliphatic carbocycles. The minimum absolute atomic E-state index is 0.167. The molecule has 0 radical (unpaired) electrons. The maximum atomic E-state index is 11.4. The molecular formula is C12H15N3O3. The summed E-state index contributed by atoms with van der Waals surface area (Å²) >= 11 is 0. The van der Waals surface area contributed by atoms with Crippen molar-refractivity contribution in [1.82, 2.24) is 15.6 Å². The van der Waals surface area contributed by atoms with Crippen molar-refractivity contribution in [3.8, 4) is 0 Å². The van der Waals surface area contributed by atoms with Crippen LogP contribution in [0.2, 0.25) is 0 Å². The summed E-state index contributed by atoms with van der Waals surface area (Å²) in [6, 6.07) is 2.62. The third-order valence-corrected chi connectivity index (χ3v) is 2.74. The average Bonchev–Trinajstić information content (AvgIpc) is 3.18. The first-order chi connectivity index (χ1) is 8.65. The van der Waals surface area contributed by atoms with Crippen LogP contribution < -0.4 is 10.6 Å². The highest BCUT2D eigenvalue weighted by Crippen LogP contribution is 2.27. The Labute approximate surface area is 104 Å². The Morgan fingerprint density at radius 3 is 2.83 bits per heavy atom. The van der Waals surface area contributed by atoms with Crippen LogP contribution in [0.5, 0.6) is 0 Å². The second-order valence-corrected chi connectivity index (χ2v) is 4.35. The Morgan fingerprint density at radius 1 is 1.39 bits per heavy atom. The summed E-state index contributed by atoms with van der Waals surface area (Å²) in [5.41, 5.74) is 0.691. The van der Waals surface area contributed by atoms with Crippen molar-refractivity contribution < 1.29 is 14.7 Å². The molecule has 96 valence electrons. The molecule has 2 amide bonds. The fraction of sp³-hybridized carbons (Fsp3) is 0.417. The first kappa shape index (κ1) is 12.3. The maximum Gasteiger partial charge on any atom is 0.335 e. The summed E-state index contributed by atoms with van der Waals surface area (Å²) in [6.45, 7) is 0.923. The molecule has 0 bridgehead atoms. The second kappa shape index (κ2) is 5.48. The minimum Gasteiger partial charge on any atom is -0.478 e. The lowest BCUT2D eigenvalue weighted by Crippen LogP contribution is -2.36. The zero-order chi connectivity index (χ0) is 13.0. The standard InChI is InChI=1S/C12H15N3O3/c16-11(17)9-3-4-13-10(5-9)7-15-12(18)14-6-8-1-2-8/h3-5,8H,1-2,6-7H2,(H,16,17)(H2,14,15,18). The van der Waals surface area contributed by atoms with Gasteiger partial charge in [0.05, 0.1) is 17.8 Å². The van der Waals surface area contributed by atoms with Gasteiger partial charge in [0.15, 0.2) is 0 Å². The number of hydrogen-bond donors (Lipinski definition) is 3. The molecule has 1 heterocycles. The van der Waals surface area contributed by atoms with E-state index in [9.17, 15) is 9.59 Å². The Morgan fingerprint density at radius 2 is 2.17 bits per heavy atom. The Kier molecular flexibility index (Phi) is 3.76. The molecule has 1 aromatic rings. The summed E-state index contributed by atoms with van der Waals surface area (Å²) in [4.78, 5) is 26.1. The lowest BCUT2D eigenvalue weighted by molar-refractivity contribution is 0.0696. The minimum atomic E-state index is -1.00. The first-order valence-corrected chi connectivity index (χ1v) is 5.85. The van der Waals surface area contributed by atoms with Gasteiger partial charge in [0.1, 0.15) is 0 Å². The number of aromatic nitrogens is 1. The Hall–Kier alpha value is -2.11. The van der Waals surface area contributed by atoms with Crippen molar-refractivity contribution in [3.05, 3.63) is 29.6 Å². The molecule has 0 unspecified atom stereocenters. The number of carboxylic acid groups (broad SMARTS) is 1. The van der Waals surface area contributed by atoms with E-state index in [0.717, 1.165) is 0 Å². The van der Waals surface area contributed by atoms with Crippen molar-refractivity contribution in [1.29, 1.82) is 0 Å². The number of nitrogens with zero attached hydrogens (tertiary/aromatic N) is 1. The van der Waals surface area contributed by atoms with Crippen molar-refractivity contribution in [2.24, 2.45) is 5.92 Å². The number of rotatable bonds is 5. The number of carboxylic acids is 1. The number of urea groups is 1. The number of carbonyl (C=O) groups excluding carboxylic acids is 1. The van der Waals surface area contributed by atoms with Crippen LogP contribution in [0.1, 0.15) is 28.9 Å².